The zero-order valence-corrected chi connectivity index (χ0v) is 18.0. The number of nitrogens with zero attached hydrogens (tertiary/aromatic N) is 2. The summed E-state index contributed by atoms with van der Waals surface area (Å²) in [4.78, 5) is 17.6. The summed E-state index contributed by atoms with van der Waals surface area (Å²) in [7, 11) is 0. The van der Waals surface area contributed by atoms with E-state index in [1.54, 1.807) is 16.7 Å². The maximum Gasteiger partial charge on any atom is 0.410 e. The summed E-state index contributed by atoms with van der Waals surface area (Å²) >= 11 is 18.7. The van der Waals surface area contributed by atoms with Crippen LogP contribution in [0.2, 0.25) is 0 Å². The van der Waals surface area contributed by atoms with Gasteiger partial charge in [0.15, 0.2) is 0 Å². The molecule has 0 aliphatic carbocycles. The number of halogens is 3. The van der Waals surface area contributed by atoms with Gasteiger partial charge in [-0.1, -0.05) is 53.0 Å². The van der Waals surface area contributed by atoms with Gasteiger partial charge in [-0.2, -0.15) is 0 Å². The van der Waals surface area contributed by atoms with Gasteiger partial charge in [0.2, 0.25) is 3.79 Å². The Morgan fingerprint density at radius 3 is 2.63 bits per heavy atom. The van der Waals surface area contributed by atoms with E-state index in [1.165, 1.54) is 4.90 Å². The van der Waals surface area contributed by atoms with Gasteiger partial charge in [0.25, 0.3) is 0 Å². The van der Waals surface area contributed by atoms with E-state index in [4.69, 9.17) is 45.3 Å². The van der Waals surface area contributed by atoms with E-state index < -0.39 is 9.89 Å². The summed E-state index contributed by atoms with van der Waals surface area (Å²) in [5.41, 5.74) is 6.28. The van der Waals surface area contributed by atoms with Crippen molar-refractivity contribution in [3.05, 3.63) is 30.3 Å². The van der Waals surface area contributed by atoms with Gasteiger partial charge in [0.05, 0.1) is 0 Å². The van der Waals surface area contributed by atoms with Crippen LogP contribution in [0.5, 0.6) is 0 Å². The average molecular weight is 453 g/mol. The lowest BCUT2D eigenvalue weighted by Crippen LogP contribution is -2.50. The fourth-order valence-corrected chi connectivity index (χ4v) is 4.69. The Bertz CT molecular complexity index is 632. The number of ether oxygens (including phenoxy) is 1. The van der Waals surface area contributed by atoms with Crippen LogP contribution >= 0.6 is 46.6 Å². The molecule has 0 aromatic heterocycles. The third kappa shape index (κ3) is 6.31. The van der Waals surface area contributed by atoms with Gasteiger partial charge in [-0.15, -0.1) is 11.8 Å². The van der Waals surface area contributed by atoms with Gasteiger partial charge in [0, 0.05) is 48.4 Å². The first-order valence-electron chi connectivity index (χ1n) is 8.99. The lowest BCUT2D eigenvalue weighted by Gasteiger charge is -2.34. The van der Waals surface area contributed by atoms with Crippen molar-refractivity contribution in [2.24, 2.45) is 5.73 Å². The lowest BCUT2D eigenvalue weighted by atomic mass is 10.2. The Labute approximate surface area is 179 Å². The normalized spacial score (nSPS) is 23.6. The van der Waals surface area contributed by atoms with Crippen molar-refractivity contribution >= 4 is 52.7 Å². The predicted octanol–water partition coefficient (Wildman–Crippen LogP) is 3.76. The van der Waals surface area contributed by atoms with Crippen LogP contribution in [0.4, 0.5) is 4.79 Å². The van der Waals surface area contributed by atoms with E-state index in [9.17, 15) is 4.79 Å². The Balaban J connectivity index is 1.36. The molecule has 2 unspecified atom stereocenters. The van der Waals surface area contributed by atoms with Crippen molar-refractivity contribution in [1.29, 1.82) is 0 Å². The van der Waals surface area contributed by atoms with Gasteiger partial charge in [0.1, 0.15) is 6.61 Å². The number of fused-ring (bicyclic) bond motifs is 2. The van der Waals surface area contributed by atoms with Crippen molar-refractivity contribution in [3.63, 3.8) is 0 Å². The number of alkyl halides is 3. The third-order valence-corrected chi connectivity index (χ3v) is 6.47. The highest BCUT2D eigenvalue weighted by atomic mass is 35.6. The standard InChI is InChI=1S/C18H24Cl3N3O2S/c19-18(20,21)12-26-17(25)24-10-14-8-15(24)9-23(14)7-6-13(22)11-27-16-4-2-1-3-5-16/h1-5,13-15H,6-12,22H2/t13-,14?,15?/m1/s1. The van der Waals surface area contributed by atoms with E-state index in [0.717, 1.165) is 31.7 Å². The molecule has 3 rings (SSSR count). The molecule has 3 atom stereocenters. The maximum absolute atomic E-state index is 12.2. The molecule has 9 heteroatoms. The van der Waals surface area contributed by atoms with Gasteiger partial charge < -0.3 is 15.4 Å². The molecular weight excluding hydrogens is 429 g/mol. The molecule has 1 amide bonds. The third-order valence-electron chi connectivity index (χ3n) is 4.94. The second-order valence-corrected chi connectivity index (χ2v) is 10.6. The first-order valence-corrected chi connectivity index (χ1v) is 11.1. The van der Waals surface area contributed by atoms with Crippen LogP contribution < -0.4 is 5.73 Å². The highest BCUT2D eigenvalue weighted by molar-refractivity contribution is 7.99. The highest BCUT2D eigenvalue weighted by Crippen LogP contribution is 2.32. The second-order valence-electron chi connectivity index (χ2n) is 7.03. The Kier molecular flexibility index (Phi) is 7.44. The fourth-order valence-electron chi connectivity index (χ4n) is 3.61. The first-order chi connectivity index (χ1) is 12.8. The van der Waals surface area contributed by atoms with Crippen LogP contribution in [0.1, 0.15) is 12.8 Å². The van der Waals surface area contributed by atoms with E-state index in [1.807, 2.05) is 18.2 Å². The second kappa shape index (κ2) is 9.42. The maximum atomic E-state index is 12.2. The predicted molar refractivity (Wildman–Crippen MR) is 112 cm³/mol. The van der Waals surface area contributed by atoms with E-state index in [2.05, 4.69) is 17.0 Å². The molecule has 2 N–H and O–H groups in total. The molecule has 2 heterocycles. The van der Waals surface area contributed by atoms with Crippen molar-refractivity contribution in [2.75, 3.05) is 32.0 Å². The minimum absolute atomic E-state index is 0.152. The lowest BCUT2D eigenvalue weighted by molar-refractivity contribution is 0.0747. The fraction of sp³-hybridized carbons (Fsp3) is 0.611. The van der Waals surface area contributed by atoms with Crippen LogP contribution in [0.3, 0.4) is 0 Å². The monoisotopic (exact) mass is 451 g/mol. The summed E-state index contributed by atoms with van der Waals surface area (Å²) in [6, 6.07) is 11.0. The number of carbonyl (C=O) groups is 1. The molecule has 2 saturated heterocycles. The van der Waals surface area contributed by atoms with E-state index in [-0.39, 0.29) is 18.7 Å². The summed E-state index contributed by atoms with van der Waals surface area (Å²) < 4.78 is 3.53. The topological polar surface area (TPSA) is 58.8 Å². The van der Waals surface area contributed by atoms with Crippen LogP contribution in [0.25, 0.3) is 0 Å². The van der Waals surface area contributed by atoms with E-state index >= 15 is 0 Å². The van der Waals surface area contributed by atoms with Crippen LogP contribution in [-0.4, -0.2) is 69.8 Å². The molecule has 2 aliphatic heterocycles. The number of piperazine rings is 1. The van der Waals surface area contributed by atoms with Crippen molar-refractivity contribution in [2.45, 2.75) is 39.7 Å². The minimum atomic E-state index is -1.58. The van der Waals surface area contributed by atoms with Gasteiger partial charge in [-0.05, 0) is 25.0 Å². The molecule has 1 aromatic rings. The van der Waals surface area contributed by atoms with Crippen LogP contribution in [-0.2, 0) is 4.74 Å². The molecule has 2 fully saturated rings. The number of hydrogen-bond acceptors (Lipinski definition) is 5. The quantitative estimate of drug-likeness (QED) is 0.504. The Hall–Kier alpha value is -0.370. The summed E-state index contributed by atoms with van der Waals surface area (Å²) in [5.74, 6) is 0.904. The number of rotatable bonds is 7. The molecule has 5 nitrogen and oxygen atoms in total. The molecule has 0 spiro atoms. The number of carbonyl (C=O) groups excluding carboxylic acids is 1. The molecule has 27 heavy (non-hydrogen) atoms. The summed E-state index contributed by atoms with van der Waals surface area (Å²) in [6.07, 6.45) is 1.52. The van der Waals surface area contributed by atoms with Crippen molar-refractivity contribution < 1.29 is 9.53 Å². The first kappa shape index (κ1) is 21.3. The van der Waals surface area contributed by atoms with Gasteiger partial charge in [-0.25, -0.2) is 4.79 Å². The average Bonchev–Trinajstić information content (AvgIpc) is 3.23. The zero-order valence-electron chi connectivity index (χ0n) is 14.9. The Morgan fingerprint density at radius 2 is 2.00 bits per heavy atom. The Morgan fingerprint density at radius 1 is 1.26 bits per heavy atom. The summed E-state index contributed by atoms with van der Waals surface area (Å²) in [5, 5.41) is 0. The van der Waals surface area contributed by atoms with Gasteiger partial charge in [-0.3, -0.25) is 4.90 Å². The highest BCUT2D eigenvalue weighted by Gasteiger charge is 2.45. The number of hydrogen-bond donors (Lipinski definition) is 1. The van der Waals surface area contributed by atoms with Crippen LogP contribution in [0.15, 0.2) is 35.2 Å². The molecular formula is C18H24Cl3N3O2S. The van der Waals surface area contributed by atoms with Crippen molar-refractivity contribution in [3.8, 4) is 0 Å². The number of benzene rings is 1. The molecule has 1 aromatic carbocycles. The zero-order chi connectivity index (χ0) is 19.4. The minimum Gasteiger partial charge on any atom is -0.445 e. The SMILES string of the molecule is N[C@H](CCN1CC2CC1CN2C(=O)OCC(Cl)(Cl)Cl)CSc1ccccc1. The molecule has 0 radical (unpaired) electrons. The van der Waals surface area contributed by atoms with Crippen LogP contribution in [0, 0.1) is 0 Å². The van der Waals surface area contributed by atoms with Crippen molar-refractivity contribution in [1.82, 2.24) is 9.80 Å². The smallest absolute Gasteiger partial charge is 0.410 e. The number of nitrogens with two attached hydrogens (primary N) is 1. The summed E-state index contributed by atoms with van der Waals surface area (Å²) in [6.45, 7) is 2.24. The molecule has 2 bridgehead atoms. The number of likely N-dealkylation sites (tertiary alicyclic amines) is 2. The molecule has 150 valence electrons. The number of thioether (sulfide) groups is 1. The molecule has 2 aliphatic rings. The molecule has 0 saturated carbocycles. The van der Waals surface area contributed by atoms with E-state index in [0.29, 0.717) is 12.6 Å². The largest absolute Gasteiger partial charge is 0.445 e. The van der Waals surface area contributed by atoms with Gasteiger partial charge >= 0.3 is 6.09 Å². The number of amides is 1.